The number of rotatable bonds is 30. The normalized spacial score (nSPS) is 23.2. The number of nitrogens with one attached hydrogen (secondary N) is 1. The Morgan fingerprint density at radius 3 is 1.70 bits per heavy atom. The highest BCUT2D eigenvalue weighted by molar-refractivity contribution is 5.76. The second-order valence-electron chi connectivity index (χ2n) is 13.4. The maximum Gasteiger partial charge on any atom is 0.220 e. The zero-order valence-corrected chi connectivity index (χ0v) is 29.3. The first kappa shape index (κ1) is 43.0. The number of carbonyl (C=O) groups excluding carboxylic acids is 1. The monoisotopic (exact) mass is 658 g/mol. The summed E-state index contributed by atoms with van der Waals surface area (Å²) >= 11 is 0. The molecule has 46 heavy (non-hydrogen) atoms. The molecule has 9 heteroatoms. The average molecular weight is 658 g/mol. The van der Waals surface area contributed by atoms with Gasteiger partial charge in [0.25, 0.3) is 0 Å². The number of unbranched alkanes of at least 4 members (excludes halogenated alkanes) is 20. The highest BCUT2D eigenvalue weighted by atomic mass is 16.7. The molecule has 1 amide bonds. The van der Waals surface area contributed by atoms with Crippen LogP contribution in [0.15, 0.2) is 12.2 Å². The summed E-state index contributed by atoms with van der Waals surface area (Å²) in [6.45, 7) is 3.73. The standard InChI is InChI=1S/C37H71NO8/c1-3-5-7-9-11-13-15-17-18-20-22-24-26-31(40)30(29-45-37-36(44)35(43)34(42)32(28-39)46-37)38-33(41)27-25-23-21-19-16-14-12-10-8-6-4-2/h24,26,30-32,34-37,39-40,42-44H,3-23,25,27-29H2,1-2H3,(H,38,41)/b26-24+/t30-,31+,32+,34+,35?,36?,37+/m0/s1. The summed E-state index contributed by atoms with van der Waals surface area (Å²) in [6.07, 6.45) is 22.5. The molecule has 6 N–H and O–H groups in total. The number of allylic oxidation sites excluding steroid dienone is 1. The molecule has 0 bridgehead atoms. The summed E-state index contributed by atoms with van der Waals surface area (Å²) < 4.78 is 11.1. The fraction of sp³-hybridized carbons (Fsp3) is 0.919. The molecule has 0 saturated carbocycles. The Labute approximate surface area is 280 Å². The molecule has 1 fully saturated rings. The molecule has 1 saturated heterocycles. The number of ether oxygens (including phenoxy) is 2. The Bertz CT molecular complexity index is 736. The van der Waals surface area contributed by atoms with E-state index in [1.807, 2.05) is 6.08 Å². The molecular weight excluding hydrogens is 586 g/mol. The van der Waals surface area contributed by atoms with Crippen LogP contribution in [0.5, 0.6) is 0 Å². The molecule has 0 spiro atoms. The molecule has 0 aromatic carbocycles. The molecule has 272 valence electrons. The summed E-state index contributed by atoms with van der Waals surface area (Å²) in [6, 6.07) is -0.795. The van der Waals surface area contributed by atoms with E-state index in [9.17, 15) is 30.3 Å². The molecule has 0 aliphatic carbocycles. The SMILES string of the molecule is CCCCCCCCCCCC/C=C/[C@@H](O)[C@H](CO[C@@H]1O[C@H](CO)[C@@H](O)C(O)C1O)NC(=O)CCCCCCCCCCCCC. The van der Waals surface area contributed by atoms with Gasteiger partial charge in [0.2, 0.25) is 5.91 Å². The maximum absolute atomic E-state index is 12.8. The molecule has 0 aromatic heterocycles. The predicted molar refractivity (Wildman–Crippen MR) is 184 cm³/mol. The van der Waals surface area contributed by atoms with E-state index >= 15 is 0 Å². The Morgan fingerprint density at radius 2 is 1.20 bits per heavy atom. The predicted octanol–water partition coefficient (Wildman–Crippen LogP) is 6.22. The van der Waals surface area contributed by atoms with Gasteiger partial charge in [0, 0.05) is 6.42 Å². The minimum atomic E-state index is -1.56. The van der Waals surface area contributed by atoms with Crippen LogP contribution in [0.3, 0.4) is 0 Å². The number of aliphatic hydroxyl groups is 5. The average Bonchev–Trinajstić information content (AvgIpc) is 3.05. The molecule has 7 atom stereocenters. The minimum Gasteiger partial charge on any atom is -0.394 e. The van der Waals surface area contributed by atoms with Crippen molar-refractivity contribution in [2.24, 2.45) is 0 Å². The van der Waals surface area contributed by atoms with Crippen molar-refractivity contribution in [1.82, 2.24) is 5.32 Å². The van der Waals surface area contributed by atoms with E-state index in [4.69, 9.17) is 9.47 Å². The lowest BCUT2D eigenvalue weighted by Gasteiger charge is -2.40. The first-order chi connectivity index (χ1) is 22.3. The number of carbonyl (C=O) groups is 1. The minimum absolute atomic E-state index is 0.180. The van der Waals surface area contributed by atoms with Crippen molar-refractivity contribution < 1.29 is 39.8 Å². The van der Waals surface area contributed by atoms with E-state index in [0.29, 0.717) is 6.42 Å². The first-order valence-electron chi connectivity index (χ1n) is 18.9. The zero-order chi connectivity index (χ0) is 33.8. The molecule has 1 aliphatic heterocycles. The van der Waals surface area contributed by atoms with E-state index in [-0.39, 0.29) is 12.5 Å². The Balaban J connectivity index is 2.48. The van der Waals surface area contributed by atoms with E-state index in [0.717, 1.165) is 38.5 Å². The third kappa shape index (κ3) is 20.3. The topological polar surface area (TPSA) is 149 Å². The van der Waals surface area contributed by atoms with Crippen molar-refractivity contribution in [3.05, 3.63) is 12.2 Å². The lowest BCUT2D eigenvalue weighted by atomic mass is 9.99. The number of hydrogen-bond acceptors (Lipinski definition) is 8. The third-order valence-corrected chi connectivity index (χ3v) is 9.11. The molecule has 2 unspecified atom stereocenters. The molecule has 1 rings (SSSR count). The fourth-order valence-corrected chi connectivity index (χ4v) is 5.98. The largest absolute Gasteiger partial charge is 0.394 e. The second kappa shape index (κ2) is 28.9. The molecule has 9 nitrogen and oxygen atoms in total. The summed E-state index contributed by atoms with van der Waals surface area (Å²) in [7, 11) is 0. The van der Waals surface area contributed by atoms with Gasteiger partial charge in [-0.05, 0) is 19.3 Å². The van der Waals surface area contributed by atoms with Gasteiger partial charge in [0.05, 0.1) is 25.4 Å². The van der Waals surface area contributed by atoms with Gasteiger partial charge in [0.15, 0.2) is 6.29 Å². The molecule has 0 aromatic rings. The van der Waals surface area contributed by atoms with Gasteiger partial charge >= 0.3 is 0 Å². The van der Waals surface area contributed by atoms with Gasteiger partial charge in [-0.25, -0.2) is 0 Å². The summed E-state index contributed by atoms with van der Waals surface area (Å²) in [5, 5.41) is 53.8. The zero-order valence-electron chi connectivity index (χ0n) is 29.3. The highest BCUT2D eigenvalue weighted by Gasteiger charge is 2.44. The third-order valence-electron chi connectivity index (χ3n) is 9.11. The van der Waals surface area contributed by atoms with Crippen molar-refractivity contribution in [3.8, 4) is 0 Å². The summed E-state index contributed by atoms with van der Waals surface area (Å²) in [5.74, 6) is -0.180. The van der Waals surface area contributed by atoms with Crippen LogP contribution in [0.1, 0.15) is 162 Å². The molecular formula is C37H71NO8. The Hall–Kier alpha value is -1.07. The van der Waals surface area contributed by atoms with Gasteiger partial charge in [-0.2, -0.15) is 0 Å². The van der Waals surface area contributed by atoms with Gasteiger partial charge in [-0.1, -0.05) is 148 Å². The Kier molecular flexibility index (Phi) is 27.0. The van der Waals surface area contributed by atoms with Crippen LogP contribution in [-0.4, -0.2) is 87.5 Å². The van der Waals surface area contributed by atoms with Crippen molar-refractivity contribution in [2.75, 3.05) is 13.2 Å². The van der Waals surface area contributed by atoms with Crippen LogP contribution in [0.25, 0.3) is 0 Å². The van der Waals surface area contributed by atoms with Crippen LogP contribution >= 0.6 is 0 Å². The fourth-order valence-electron chi connectivity index (χ4n) is 5.98. The second-order valence-corrected chi connectivity index (χ2v) is 13.4. The van der Waals surface area contributed by atoms with Gasteiger partial charge in [-0.3, -0.25) is 4.79 Å². The van der Waals surface area contributed by atoms with Crippen molar-refractivity contribution >= 4 is 5.91 Å². The van der Waals surface area contributed by atoms with Crippen LogP contribution in [0.4, 0.5) is 0 Å². The smallest absolute Gasteiger partial charge is 0.220 e. The van der Waals surface area contributed by atoms with E-state index < -0.39 is 49.5 Å². The summed E-state index contributed by atoms with van der Waals surface area (Å²) in [4.78, 5) is 12.8. The van der Waals surface area contributed by atoms with Crippen molar-refractivity contribution in [1.29, 1.82) is 0 Å². The molecule has 1 heterocycles. The number of aliphatic hydroxyl groups excluding tert-OH is 5. The highest BCUT2D eigenvalue weighted by Crippen LogP contribution is 2.22. The Morgan fingerprint density at radius 1 is 0.717 bits per heavy atom. The van der Waals surface area contributed by atoms with Crippen LogP contribution in [-0.2, 0) is 14.3 Å². The molecule has 1 aliphatic rings. The van der Waals surface area contributed by atoms with Gasteiger partial charge in [0.1, 0.15) is 24.4 Å². The number of hydrogen-bond donors (Lipinski definition) is 6. The van der Waals surface area contributed by atoms with Crippen LogP contribution in [0, 0.1) is 0 Å². The van der Waals surface area contributed by atoms with Crippen LogP contribution in [0.2, 0.25) is 0 Å². The number of amides is 1. The van der Waals surface area contributed by atoms with Gasteiger partial charge in [-0.15, -0.1) is 0 Å². The first-order valence-corrected chi connectivity index (χ1v) is 18.9. The van der Waals surface area contributed by atoms with Crippen molar-refractivity contribution in [3.63, 3.8) is 0 Å². The summed E-state index contributed by atoms with van der Waals surface area (Å²) in [5.41, 5.74) is 0. The van der Waals surface area contributed by atoms with E-state index in [2.05, 4.69) is 19.2 Å². The van der Waals surface area contributed by atoms with Crippen molar-refractivity contribution in [2.45, 2.75) is 204 Å². The van der Waals surface area contributed by atoms with Gasteiger partial charge < -0.3 is 40.3 Å². The molecule has 0 radical (unpaired) electrons. The maximum atomic E-state index is 12.8. The quantitative estimate of drug-likeness (QED) is 0.0394. The van der Waals surface area contributed by atoms with Crippen LogP contribution < -0.4 is 5.32 Å². The van der Waals surface area contributed by atoms with E-state index in [1.165, 1.54) is 103 Å². The van der Waals surface area contributed by atoms with E-state index in [1.54, 1.807) is 6.08 Å². The lowest BCUT2D eigenvalue weighted by Crippen LogP contribution is -2.60. The lowest BCUT2D eigenvalue weighted by molar-refractivity contribution is -0.302.